The summed E-state index contributed by atoms with van der Waals surface area (Å²) in [5, 5.41) is 14.7. The van der Waals surface area contributed by atoms with Crippen molar-refractivity contribution in [2.45, 2.75) is 13.0 Å². The summed E-state index contributed by atoms with van der Waals surface area (Å²) in [6.45, 7) is 0.736. The molecule has 0 fully saturated rings. The summed E-state index contributed by atoms with van der Waals surface area (Å²) < 4.78 is 0. The molecule has 2 heterocycles. The highest BCUT2D eigenvalue weighted by molar-refractivity contribution is 7.17. The molecule has 0 aliphatic heterocycles. The van der Waals surface area contributed by atoms with Crippen LogP contribution in [0.5, 0.6) is 0 Å². The summed E-state index contributed by atoms with van der Waals surface area (Å²) in [6, 6.07) is 14.0. The third-order valence-electron chi connectivity index (χ3n) is 3.16. The first kappa shape index (κ1) is 15.7. The van der Waals surface area contributed by atoms with Crippen molar-refractivity contribution in [3.8, 4) is 10.6 Å². The van der Waals surface area contributed by atoms with Crippen LogP contribution in [0, 0.1) is 0 Å². The van der Waals surface area contributed by atoms with E-state index in [4.69, 9.17) is 5.21 Å². The maximum Gasteiger partial charge on any atom is 0.248 e. The Hall–Kier alpha value is -2.22. The van der Waals surface area contributed by atoms with Crippen LogP contribution in [-0.2, 0) is 17.8 Å². The molecule has 0 unspecified atom stereocenters. The van der Waals surface area contributed by atoms with E-state index in [0.717, 1.165) is 27.1 Å². The van der Waals surface area contributed by atoms with Crippen LogP contribution in [0.25, 0.3) is 10.6 Å². The molecule has 0 aliphatic rings. The third kappa shape index (κ3) is 4.16. The fourth-order valence-electron chi connectivity index (χ4n) is 2.05. The van der Waals surface area contributed by atoms with Crippen LogP contribution in [0.2, 0.25) is 0 Å². The summed E-state index contributed by atoms with van der Waals surface area (Å²) in [4.78, 5) is 17.6. The fraction of sp³-hybridized carbons (Fsp3) is 0.125. The first-order chi connectivity index (χ1) is 11.2. The molecular formula is C16H15N3O2S2. The van der Waals surface area contributed by atoms with Gasteiger partial charge in [0, 0.05) is 16.8 Å². The zero-order valence-corrected chi connectivity index (χ0v) is 13.8. The SMILES string of the molecule is O=C(Cc1ccc(-c2csc(NCc3ccccc3)n2)s1)NO. The van der Waals surface area contributed by atoms with Gasteiger partial charge in [0.15, 0.2) is 5.13 Å². The number of carbonyl (C=O) groups excluding carboxylic acids is 1. The Morgan fingerprint density at radius 2 is 2.00 bits per heavy atom. The van der Waals surface area contributed by atoms with Gasteiger partial charge < -0.3 is 5.32 Å². The molecule has 0 atom stereocenters. The van der Waals surface area contributed by atoms with Crippen molar-refractivity contribution in [3.05, 3.63) is 58.3 Å². The molecular weight excluding hydrogens is 330 g/mol. The van der Waals surface area contributed by atoms with Crippen molar-refractivity contribution in [1.82, 2.24) is 10.5 Å². The maximum atomic E-state index is 11.2. The highest BCUT2D eigenvalue weighted by Crippen LogP contribution is 2.31. The van der Waals surface area contributed by atoms with E-state index in [0.29, 0.717) is 0 Å². The molecule has 0 spiro atoms. The number of rotatable bonds is 6. The number of nitrogens with one attached hydrogen (secondary N) is 2. The minimum Gasteiger partial charge on any atom is -0.357 e. The van der Waals surface area contributed by atoms with E-state index in [9.17, 15) is 4.79 Å². The molecule has 3 rings (SSSR count). The first-order valence-corrected chi connectivity index (χ1v) is 8.69. The zero-order chi connectivity index (χ0) is 16.1. The molecule has 2 aromatic heterocycles. The van der Waals surface area contributed by atoms with Gasteiger partial charge in [-0.1, -0.05) is 30.3 Å². The van der Waals surface area contributed by atoms with Crippen LogP contribution in [0.4, 0.5) is 5.13 Å². The summed E-state index contributed by atoms with van der Waals surface area (Å²) in [5.74, 6) is -0.415. The zero-order valence-electron chi connectivity index (χ0n) is 12.2. The average molecular weight is 345 g/mol. The van der Waals surface area contributed by atoms with Gasteiger partial charge in [0.25, 0.3) is 0 Å². The minimum atomic E-state index is -0.415. The smallest absolute Gasteiger partial charge is 0.248 e. The van der Waals surface area contributed by atoms with Crippen molar-refractivity contribution in [2.24, 2.45) is 0 Å². The number of nitrogens with zero attached hydrogens (tertiary/aromatic N) is 1. The lowest BCUT2D eigenvalue weighted by atomic mass is 10.2. The molecule has 118 valence electrons. The van der Waals surface area contributed by atoms with Gasteiger partial charge in [0.1, 0.15) is 0 Å². The summed E-state index contributed by atoms with van der Waals surface area (Å²) in [7, 11) is 0. The Morgan fingerprint density at radius 3 is 2.78 bits per heavy atom. The predicted molar refractivity (Wildman–Crippen MR) is 92.8 cm³/mol. The predicted octanol–water partition coefficient (Wildman–Crippen LogP) is 3.53. The highest BCUT2D eigenvalue weighted by atomic mass is 32.1. The topological polar surface area (TPSA) is 74.2 Å². The van der Waals surface area contributed by atoms with E-state index >= 15 is 0 Å². The van der Waals surface area contributed by atoms with E-state index in [1.807, 2.05) is 35.7 Å². The molecule has 5 nitrogen and oxygen atoms in total. The molecule has 0 radical (unpaired) electrons. The number of thiophene rings is 1. The second kappa shape index (κ2) is 7.36. The number of aromatic nitrogens is 1. The van der Waals surface area contributed by atoms with Crippen molar-refractivity contribution in [2.75, 3.05) is 5.32 Å². The molecule has 0 saturated heterocycles. The van der Waals surface area contributed by atoms with Crippen molar-refractivity contribution >= 4 is 33.7 Å². The lowest BCUT2D eigenvalue weighted by molar-refractivity contribution is -0.128. The highest BCUT2D eigenvalue weighted by Gasteiger charge is 2.10. The number of benzene rings is 1. The molecule has 3 N–H and O–H groups in total. The quantitative estimate of drug-likeness (QED) is 0.472. The van der Waals surface area contributed by atoms with Crippen LogP contribution in [0.3, 0.4) is 0 Å². The van der Waals surface area contributed by atoms with Gasteiger partial charge in [0.05, 0.1) is 17.0 Å². The van der Waals surface area contributed by atoms with Crippen LogP contribution in [-0.4, -0.2) is 16.1 Å². The Bertz CT molecular complexity index is 783. The van der Waals surface area contributed by atoms with Crippen molar-refractivity contribution in [3.63, 3.8) is 0 Å². The lowest BCUT2D eigenvalue weighted by Gasteiger charge is -2.01. The van der Waals surface area contributed by atoms with Gasteiger partial charge in [-0.05, 0) is 17.7 Å². The van der Waals surface area contributed by atoms with E-state index in [1.165, 1.54) is 16.9 Å². The van der Waals surface area contributed by atoms with E-state index in [1.54, 1.807) is 16.8 Å². The second-order valence-electron chi connectivity index (χ2n) is 4.85. The third-order valence-corrected chi connectivity index (χ3v) is 5.07. The van der Waals surface area contributed by atoms with E-state index in [2.05, 4.69) is 22.4 Å². The number of thiazole rings is 1. The lowest BCUT2D eigenvalue weighted by Crippen LogP contribution is -2.20. The molecule has 23 heavy (non-hydrogen) atoms. The van der Waals surface area contributed by atoms with E-state index < -0.39 is 5.91 Å². The van der Waals surface area contributed by atoms with Crippen LogP contribution >= 0.6 is 22.7 Å². The Morgan fingerprint density at radius 1 is 1.17 bits per heavy atom. The number of anilines is 1. The number of carbonyl (C=O) groups is 1. The normalized spacial score (nSPS) is 10.5. The van der Waals surface area contributed by atoms with Crippen LogP contribution in [0.1, 0.15) is 10.4 Å². The molecule has 0 bridgehead atoms. The monoisotopic (exact) mass is 345 g/mol. The number of hydrogen-bond donors (Lipinski definition) is 3. The van der Waals surface area contributed by atoms with Gasteiger partial charge in [-0.15, -0.1) is 22.7 Å². The number of amides is 1. The van der Waals surface area contributed by atoms with Crippen LogP contribution in [0.15, 0.2) is 47.8 Å². The van der Waals surface area contributed by atoms with Gasteiger partial charge in [-0.2, -0.15) is 0 Å². The number of hydrogen-bond acceptors (Lipinski definition) is 6. The average Bonchev–Trinajstić information content (AvgIpc) is 3.23. The number of hydroxylamine groups is 1. The molecule has 3 aromatic rings. The molecule has 0 aliphatic carbocycles. The Labute approximate surface area is 141 Å². The van der Waals surface area contributed by atoms with Gasteiger partial charge in [-0.25, -0.2) is 10.5 Å². The standard InChI is InChI=1S/C16H15N3O2S2/c20-15(19-21)8-12-6-7-14(23-12)13-10-22-16(18-13)17-9-11-4-2-1-3-5-11/h1-7,10,21H,8-9H2,(H,17,18)(H,19,20). The summed E-state index contributed by atoms with van der Waals surface area (Å²) in [6.07, 6.45) is 0.171. The molecule has 1 amide bonds. The Balaban J connectivity index is 1.64. The minimum absolute atomic E-state index is 0.171. The summed E-state index contributed by atoms with van der Waals surface area (Å²) >= 11 is 3.06. The fourth-order valence-corrected chi connectivity index (χ4v) is 3.80. The maximum absolute atomic E-state index is 11.2. The second-order valence-corrected chi connectivity index (χ2v) is 6.88. The van der Waals surface area contributed by atoms with Crippen molar-refractivity contribution < 1.29 is 10.0 Å². The summed E-state index contributed by atoms with van der Waals surface area (Å²) in [5.41, 5.74) is 3.74. The van der Waals surface area contributed by atoms with E-state index in [-0.39, 0.29) is 6.42 Å². The van der Waals surface area contributed by atoms with Gasteiger partial charge >= 0.3 is 0 Å². The van der Waals surface area contributed by atoms with Gasteiger partial charge in [-0.3, -0.25) is 10.0 Å². The first-order valence-electron chi connectivity index (χ1n) is 7.00. The molecule has 7 heteroatoms. The molecule has 1 aromatic carbocycles. The largest absolute Gasteiger partial charge is 0.357 e. The molecule has 0 saturated carbocycles. The Kier molecular flexibility index (Phi) is 5.02. The van der Waals surface area contributed by atoms with Crippen LogP contribution < -0.4 is 10.8 Å². The van der Waals surface area contributed by atoms with Gasteiger partial charge in [0.2, 0.25) is 5.91 Å². The van der Waals surface area contributed by atoms with Crippen molar-refractivity contribution in [1.29, 1.82) is 0 Å².